The zero-order valence-corrected chi connectivity index (χ0v) is 12.4. The lowest BCUT2D eigenvalue weighted by Gasteiger charge is -2.27. The first kappa shape index (κ1) is 13.8. The van der Waals surface area contributed by atoms with Crippen LogP contribution in [0, 0.1) is 0 Å². The number of carbonyl (C=O) groups is 1. The minimum Gasteiger partial charge on any atom is -0.459 e. The summed E-state index contributed by atoms with van der Waals surface area (Å²) in [5.74, 6) is 0.503. The molecular weight excluding hydrogens is 294 g/mol. The number of hydrogen-bond donors (Lipinski definition) is 1. The second kappa shape index (κ2) is 5.39. The summed E-state index contributed by atoms with van der Waals surface area (Å²) in [6.45, 7) is 0. The average molecular weight is 309 g/mol. The molecule has 0 bridgehead atoms. The molecule has 2 aromatic heterocycles. The first-order chi connectivity index (χ1) is 11.2. The van der Waals surface area contributed by atoms with Gasteiger partial charge in [-0.25, -0.2) is 9.66 Å². The molecule has 0 saturated heterocycles. The monoisotopic (exact) mass is 309 g/mol. The van der Waals surface area contributed by atoms with Crippen molar-refractivity contribution in [1.82, 2.24) is 9.66 Å². The Bertz CT molecular complexity index is 924. The molecule has 0 radical (unpaired) electrons. The molecule has 6 nitrogen and oxygen atoms in total. The van der Waals surface area contributed by atoms with E-state index in [2.05, 4.69) is 10.4 Å². The highest BCUT2D eigenvalue weighted by molar-refractivity contribution is 5.97. The van der Waals surface area contributed by atoms with Crippen LogP contribution in [0.5, 0.6) is 0 Å². The van der Waals surface area contributed by atoms with Crippen molar-refractivity contribution in [2.75, 3.05) is 5.43 Å². The van der Waals surface area contributed by atoms with Crippen LogP contribution in [0.2, 0.25) is 0 Å². The second-order valence-corrected chi connectivity index (χ2v) is 5.67. The Morgan fingerprint density at radius 1 is 1.22 bits per heavy atom. The van der Waals surface area contributed by atoms with E-state index in [1.165, 1.54) is 10.9 Å². The van der Waals surface area contributed by atoms with Gasteiger partial charge in [-0.3, -0.25) is 15.0 Å². The standard InChI is InChI=1S/C17H15N3O3/c21-16(14-9-4-10-23-14)19-20-15(11-5-3-6-11)18-13-8-2-1-7-12(13)17(20)22/h1-2,4,7-11H,3,5-6H2,(H,19,21). The van der Waals surface area contributed by atoms with Crippen LogP contribution in [0.3, 0.4) is 0 Å². The van der Waals surface area contributed by atoms with E-state index in [0.29, 0.717) is 16.7 Å². The summed E-state index contributed by atoms with van der Waals surface area (Å²) in [6.07, 6.45) is 4.48. The van der Waals surface area contributed by atoms with Gasteiger partial charge in [0.25, 0.3) is 5.56 Å². The van der Waals surface area contributed by atoms with E-state index in [1.54, 1.807) is 24.3 Å². The minimum atomic E-state index is -0.463. The van der Waals surface area contributed by atoms with Crippen molar-refractivity contribution >= 4 is 16.8 Å². The summed E-state index contributed by atoms with van der Waals surface area (Å²) in [7, 11) is 0. The number of aromatic nitrogens is 2. The SMILES string of the molecule is O=C(Nn1c(C2CCC2)nc2ccccc2c1=O)c1ccco1. The van der Waals surface area contributed by atoms with Crippen LogP contribution in [0.25, 0.3) is 10.9 Å². The molecule has 1 aliphatic carbocycles. The van der Waals surface area contributed by atoms with E-state index < -0.39 is 5.91 Å². The predicted octanol–water partition coefficient (Wildman–Crippen LogP) is 2.64. The maximum absolute atomic E-state index is 12.8. The van der Waals surface area contributed by atoms with Crippen molar-refractivity contribution in [3.8, 4) is 0 Å². The Morgan fingerprint density at radius 2 is 2.04 bits per heavy atom. The first-order valence-electron chi connectivity index (χ1n) is 7.60. The van der Waals surface area contributed by atoms with Crippen molar-refractivity contribution in [2.45, 2.75) is 25.2 Å². The summed E-state index contributed by atoms with van der Waals surface area (Å²) in [5.41, 5.74) is 3.02. The molecule has 0 atom stereocenters. The fourth-order valence-corrected chi connectivity index (χ4v) is 2.76. The van der Waals surface area contributed by atoms with Crippen LogP contribution < -0.4 is 11.0 Å². The van der Waals surface area contributed by atoms with Gasteiger partial charge in [0.05, 0.1) is 17.2 Å². The van der Waals surface area contributed by atoms with Crippen molar-refractivity contribution in [2.24, 2.45) is 0 Å². The lowest BCUT2D eigenvalue weighted by atomic mass is 9.84. The van der Waals surface area contributed by atoms with Crippen LogP contribution in [0.15, 0.2) is 51.9 Å². The van der Waals surface area contributed by atoms with Gasteiger partial charge in [0.15, 0.2) is 5.76 Å². The van der Waals surface area contributed by atoms with Gasteiger partial charge in [-0.2, -0.15) is 0 Å². The van der Waals surface area contributed by atoms with Gasteiger partial charge >= 0.3 is 5.91 Å². The second-order valence-electron chi connectivity index (χ2n) is 5.67. The first-order valence-corrected chi connectivity index (χ1v) is 7.60. The summed E-state index contributed by atoms with van der Waals surface area (Å²) >= 11 is 0. The number of benzene rings is 1. The lowest BCUT2D eigenvalue weighted by molar-refractivity contribution is 0.0979. The molecule has 6 heteroatoms. The minimum absolute atomic E-state index is 0.157. The average Bonchev–Trinajstić information content (AvgIpc) is 3.04. The lowest BCUT2D eigenvalue weighted by Crippen LogP contribution is -2.38. The number of furan rings is 1. The summed E-state index contributed by atoms with van der Waals surface area (Å²) in [6, 6.07) is 10.3. The largest absolute Gasteiger partial charge is 0.459 e. The number of rotatable bonds is 3. The van der Waals surface area contributed by atoms with Crippen LogP contribution >= 0.6 is 0 Å². The van der Waals surface area contributed by atoms with E-state index in [-0.39, 0.29) is 17.2 Å². The topological polar surface area (TPSA) is 77.1 Å². The Balaban J connectivity index is 1.84. The van der Waals surface area contributed by atoms with Gasteiger partial charge in [-0.15, -0.1) is 0 Å². The molecule has 2 heterocycles. The third-order valence-corrected chi connectivity index (χ3v) is 4.23. The van der Waals surface area contributed by atoms with Crippen LogP contribution in [0.1, 0.15) is 41.6 Å². The van der Waals surface area contributed by atoms with Gasteiger partial charge in [-0.1, -0.05) is 18.6 Å². The highest BCUT2D eigenvalue weighted by Crippen LogP contribution is 2.35. The van der Waals surface area contributed by atoms with Gasteiger partial charge in [0.2, 0.25) is 0 Å². The highest BCUT2D eigenvalue weighted by Gasteiger charge is 2.26. The third kappa shape index (κ3) is 2.32. The van der Waals surface area contributed by atoms with Crippen molar-refractivity contribution in [3.63, 3.8) is 0 Å². The molecule has 0 unspecified atom stereocenters. The van der Waals surface area contributed by atoms with E-state index in [1.807, 2.05) is 12.1 Å². The zero-order valence-electron chi connectivity index (χ0n) is 12.4. The molecule has 4 rings (SSSR count). The fraction of sp³-hybridized carbons (Fsp3) is 0.235. The van der Waals surface area contributed by atoms with Gasteiger partial charge < -0.3 is 4.42 Å². The summed E-state index contributed by atoms with van der Waals surface area (Å²) in [5, 5.41) is 0.482. The maximum atomic E-state index is 12.8. The molecule has 1 aromatic carbocycles. The maximum Gasteiger partial charge on any atom is 0.305 e. The quantitative estimate of drug-likeness (QED) is 0.807. The molecule has 1 aliphatic rings. The number of nitrogens with one attached hydrogen (secondary N) is 1. The molecule has 1 fully saturated rings. The molecule has 0 spiro atoms. The molecule has 3 aromatic rings. The van der Waals surface area contributed by atoms with Gasteiger partial charge in [0, 0.05) is 5.92 Å². The number of nitrogens with zero attached hydrogens (tertiary/aromatic N) is 2. The number of carbonyl (C=O) groups excluding carboxylic acids is 1. The number of hydrogen-bond acceptors (Lipinski definition) is 4. The van der Waals surface area contributed by atoms with Gasteiger partial charge in [-0.05, 0) is 37.1 Å². The molecule has 1 amide bonds. The Hall–Kier alpha value is -2.89. The molecular formula is C17H15N3O3. The Labute approximate surface area is 131 Å². The number of fused-ring (bicyclic) bond motifs is 1. The summed E-state index contributed by atoms with van der Waals surface area (Å²) in [4.78, 5) is 29.6. The summed E-state index contributed by atoms with van der Waals surface area (Å²) < 4.78 is 6.36. The molecule has 1 saturated carbocycles. The Kier molecular flexibility index (Phi) is 3.22. The van der Waals surface area contributed by atoms with E-state index in [4.69, 9.17) is 4.42 Å². The van der Waals surface area contributed by atoms with Crippen LogP contribution in [0.4, 0.5) is 0 Å². The van der Waals surface area contributed by atoms with Gasteiger partial charge in [0.1, 0.15) is 5.82 Å². The van der Waals surface area contributed by atoms with Crippen LogP contribution in [-0.2, 0) is 0 Å². The third-order valence-electron chi connectivity index (χ3n) is 4.23. The van der Waals surface area contributed by atoms with E-state index >= 15 is 0 Å². The fourth-order valence-electron chi connectivity index (χ4n) is 2.76. The Morgan fingerprint density at radius 3 is 2.74 bits per heavy atom. The normalized spacial score (nSPS) is 14.6. The number of para-hydroxylation sites is 1. The smallest absolute Gasteiger partial charge is 0.305 e. The molecule has 116 valence electrons. The van der Waals surface area contributed by atoms with Crippen LogP contribution in [-0.4, -0.2) is 15.6 Å². The van der Waals surface area contributed by atoms with Crippen molar-refractivity contribution < 1.29 is 9.21 Å². The molecule has 23 heavy (non-hydrogen) atoms. The predicted molar refractivity (Wildman–Crippen MR) is 85.0 cm³/mol. The number of amides is 1. The van der Waals surface area contributed by atoms with Crippen molar-refractivity contribution in [3.05, 3.63) is 64.6 Å². The van der Waals surface area contributed by atoms with E-state index in [9.17, 15) is 9.59 Å². The molecule has 0 aliphatic heterocycles. The van der Waals surface area contributed by atoms with E-state index in [0.717, 1.165) is 19.3 Å². The zero-order chi connectivity index (χ0) is 15.8. The molecule has 1 N–H and O–H groups in total. The highest BCUT2D eigenvalue weighted by atomic mass is 16.3. The van der Waals surface area contributed by atoms with Crippen molar-refractivity contribution in [1.29, 1.82) is 0 Å².